The van der Waals surface area contributed by atoms with Crippen molar-refractivity contribution in [2.45, 2.75) is 0 Å². The molecule has 3 aromatic rings. The van der Waals surface area contributed by atoms with Crippen molar-refractivity contribution in [2.75, 3.05) is 31.2 Å². The van der Waals surface area contributed by atoms with Crippen molar-refractivity contribution in [2.24, 2.45) is 0 Å². The van der Waals surface area contributed by atoms with Gasteiger partial charge in [-0.1, -0.05) is 0 Å². The van der Waals surface area contributed by atoms with E-state index in [0.717, 1.165) is 41.2 Å². The highest BCUT2D eigenvalue weighted by Gasteiger charge is 2.21. The number of aromatic carboxylic acids is 1. The number of hydrogen-bond donors (Lipinski definition) is 1. The molecule has 1 aliphatic heterocycles. The molecule has 7 nitrogen and oxygen atoms in total. The third kappa shape index (κ3) is 2.70. The Balaban J connectivity index is 1.90. The van der Waals surface area contributed by atoms with Gasteiger partial charge in [0.15, 0.2) is 5.82 Å². The molecule has 3 aromatic heterocycles. The van der Waals surface area contributed by atoms with E-state index in [-0.39, 0.29) is 4.88 Å². The van der Waals surface area contributed by atoms with E-state index >= 15 is 0 Å². The normalized spacial score (nSPS) is 14.9. The molecule has 4 rings (SSSR count). The lowest BCUT2D eigenvalue weighted by Crippen LogP contribution is -2.37. The molecule has 1 aliphatic rings. The Kier molecular flexibility index (Phi) is 3.83. The van der Waals surface area contributed by atoms with Crippen LogP contribution in [0.15, 0.2) is 30.6 Å². The van der Waals surface area contributed by atoms with Gasteiger partial charge in [-0.25, -0.2) is 14.8 Å². The van der Waals surface area contributed by atoms with Crippen LogP contribution in [0, 0.1) is 0 Å². The molecule has 0 amide bonds. The van der Waals surface area contributed by atoms with Gasteiger partial charge in [-0.15, -0.1) is 11.3 Å². The lowest BCUT2D eigenvalue weighted by molar-refractivity contribution is 0.0702. The van der Waals surface area contributed by atoms with Crippen LogP contribution in [-0.4, -0.2) is 52.3 Å². The third-order valence-electron chi connectivity index (χ3n) is 3.81. The predicted octanol–water partition coefficient (Wildman–Crippen LogP) is 2.29. The molecule has 0 aromatic carbocycles. The fourth-order valence-electron chi connectivity index (χ4n) is 2.65. The number of nitrogens with zero attached hydrogens (tertiary/aromatic N) is 4. The molecule has 24 heavy (non-hydrogen) atoms. The smallest absolute Gasteiger partial charge is 0.345 e. The highest BCUT2D eigenvalue weighted by Crippen LogP contribution is 2.33. The van der Waals surface area contributed by atoms with Gasteiger partial charge in [0.2, 0.25) is 0 Å². The van der Waals surface area contributed by atoms with Gasteiger partial charge in [0, 0.05) is 31.0 Å². The minimum absolute atomic E-state index is 0.261. The molecule has 0 atom stereocenters. The van der Waals surface area contributed by atoms with Crippen molar-refractivity contribution in [3.05, 3.63) is 35.5 Å². The number of hydrogen-bond acceptors (Lipinski definition) is 7. The fourth-order valence-corrected chi connectivity index (χ4v) is 3.52. The van der Waals surface area contributed by atoms with E-state index in [1.54, 1.807) is 18.5 Å². The maximum Gasteiger partial charge on any atom is 0.345 e. The Morgan fingerprint density at radius 2 is 2.12 bits per heavy atom. The van der Waals surface area contributed by atoms with Gasteiger partial charge in [-0.05, 0) is 18.2 Å². The quantitative estimate of drug-likeness (QED) is 0.781. The van der Waals surface area contributed by atoms with Crippen LogP contribution in [0.5, 0.6) is 0 Å². The molecule has 0 unspecified atom stereocenters. The number of aromatic nitrogens is 3. The van der Waals surface area contributed by atoms with E-state index in [0.29, 0.717) is 23.9 Å². The van der Waals surface area contributed by atoms with Crippen LogP contribution < -0.4 is 4.90 Å². The van der Waals surface area contributed by atoms with E-state index in [2.05, 4.69) is 14.9 Å². The van der Waals surface area contributed by atoms with Crippen LogP contribution in [0.2, 0.25) is 0 Å². The SMILES string of the molecule is O=C(O)c1cc2c(N3CCOCC3)nc(-c3cccnc3)nc2s1. The Morgan fingerprint density at radius 1 is 1.29 bits per heavy atom. The van der Waals surface area contributed by atoms with Crippen LogP contribution in [-0.2, 0) is 4.74 Å². The standard InChI is InChI=1S/C16H14N4O3S/c21-16(22)12-8-11-14(20-4-6-23-7-5-20)18-13(19-15(11)24-12)10-2-1-3-17-9-10/h1-3,8-9H,4-7H2,(H,21,22). The molecule has 1 saturated heterocycles. The van der Waals surface area contributed by atoms with Crippen molar-refractivity contribution >= 4 is 33.3 Å². The number of ether oxygens (including phenoxy) is 1. The number of carboxylic acids is 1. The first-order chi connectivity index (χ1) is 11.7. The van der Waals surface area contributed by atoms with Crippen LogP contribution in [0.25, 0.3) is 21.6 Å². The Hall–Kier alpha value is -2.58. The minimum atomic E-state index is -0.950. The van der Waals surface area contributed by atoms with Gasteiger partial charge in [0.25, 0.3) is 0 Å². The third-order valence-corrected chi connectivity index (χ3v) is 4.83. The maximum atomic E-state index is 11.3. The summed E-state index contributed by atoms with van der Waals surface area (Å²) in [5.74, 6) is 0.357. The van der Waals surface area contributed by atoms with Gasteiger partial charge in [0.05, 0.1) is 18.6 Å². The topological polar surface area (TPSA) is 88.4 Å². The average molecular weight is 342 g/mol. The molecule has 1 N–H and O–H groups in total. The molecular weight excluding hydrogens is 328 g/mol. The summed E-state index contributed by atoms with van der Waals surface area (Å²) in [6, 6.07) is 5.37. The summed E-state index contributed by atoms with van der Waals surface area (Å²) in [5, 5.41) is 10.1. The van der Waals surface area contributed by atoms with Crippen molar-refractivity contribution in [1.82, 2.24) is 15.0 Å². The number of fused-ring (bicyclic) bond motifs is 1. The first-order valence-electron chi connectivity index (χ1n) is 7.50. The largest absolute Gasteiger partial charge is 0.477 e. The van der Waals surface area contributed by atoms with E-state index in [4.69, 9.17) is 9.72 Å². The zero-order valence-corrected chi connectivity index (χ0v) is 13.5. The summed E-state index contributed by atoms with van der Waals surface area (Å²) < 4.78 is 5.40. The molecule has 0 aliphatic carbocycles. The zero-order valence-electron chi connectivity index (χ0n) is 12.7. The Bertz CT molecular complexity index is 891. The van der Waals surface area contributed by atoms with Crippen molar-refractivity contribution < 1.29 is 14.6 Å². The molecule has 1 fully saturated rings. The summed E-state index contributed by atoms with van der Waals surface area (Å²) in [6.45, 7) is 2.70. The average Bonchev–Trinajstić information content (AvgIpc) is 3.07. The molecule has 0 saturated carbocycles. The zero-order chi connectivity index (χ0) is 16.5. The molecule has 0 bridgehead atoms. The lowest BCUT2D eigenvalue weighted by Gasteiger charge is -2.28. The molecule has 4 heterocycles. The highest BCUT2D eigenvalue weighted by atomic mass is 32.1. The molecule has 122 valence electrons. The predicted molar refractivity (Wildman–Crippen MR) is 90.6 cm³/mol. The number of anilines is 1. The monoisotopic (exact) mass is 342 g/mol. The first kappa shape index (κ1) is 15.0. The fraction of sp³-hybridized carbons (Fsp3) is 0.250. The van der Waals surface area contributed by atoms with Crippen molar-refractivity contribution in [1.29, 1.82) is 0 Å². The van der Waals surface area contributed by atoms with Crippen LogP contribution in [0.4, 0.5) is 5.82 Å². The second-order valence-corrected chi connectivity index (χ2v) is 6.38. The van der Waals surface area contributed by atoms with Gasteiger partial charge in [0.1, 0.15) is 15.5 Å². The number of pyridine rings is 1. The van der Waals surface area contributed by atoms with Gasteiger partial charge >= 0.3 is 5.97 Å². The van der Waals surface area contributed by atoms with Crippen LogP contribution in [0.1, 0.15) is 9.67 Å². The van der Waals surface area contributed by atoms with E-state index in [9.17, 15) is 9.90 Å². The number of rotatable bonds is 3. The van der Waals surface area contributed by atoms with Gasteiger partial charge in [-0.3, -0.25) is 4.98 Å². The first-order valence-corrected chi connectivity index (χ1v) is 8.32. The Morgan fingerprint density at radius 3 is 2.83 bits per heavy atom. The molecule has 0 radical (unpaired) electrons. The summed E-state index contributed by atoms with van der Waals surface area (Å²) in [4.78, 5) is 27.7. The second-order valence-electron chi connectivity index (χ2n) is 5.35. The van der Waals surface area contributed by atoms with Crippen molar-refractivity contribution in [3.63, 3.8) is 0 Å². The molecule has 8 heteroatoms. The van der Waals surface area contributed by atoms with Crippen LogP contribution in [0.3, 0.4) is 0 Å². The summed E-state index contributed by atoms with van der Waals surface area (Å²) in [5.41, 5.74) is 0.805. The maximum absolute atomic E-state index is 11.3. The van der Waals surface area contributed by atoms with Gasteiger partial charge < -0.3 is 14.7 Å². The molecule has 0 spiro atoms. The summed E-state index contributed by atoms with van der Waals surface area (Å²) in [6.07, 6.45) is 3.40. The van der Waals surface area contributed by atoms with E-state index < -0.39 is 5.97 Å². The summed E-state index contributed by atoms with van der Waals surface area (Å²) >= 11 is 1.16. The summed E-state index contributed by atoms with van der Waals surface area (Å²) in [7, 11) is 0. The lowest BCUT2D eigenvalue weighted by atomic mass is 10.2. The minimum Gasteiger partial charge on any atom is -0.477 e. The van der Waals surface area contributed by atoms with E-state index in [1.165, 1.54) is 0 Å². The molecular formula is C16H14N4O3S. The number of carboxylic acid groups (broad SMARTS) is 1. The van der Waals surface area contributed by atoms with Crippen molar-refractivity contribution in [3.8, 4) is 11.4 Å². The van der Waals surface area contributed by atoms with Gasteiger partial charge in [-0.2, -0.15) is 0 Å². The second kappa shape index (κ2) is 6.14. The number of morpholine rings is 1. The van der Waals surface area contributed by atoms with Crippen LogP contribution >= 0.6 is 11.3 Å². The van der Waals surface area contributed by atoms with E-state index in [1.807, 2.05) is 12.1 Å². The number of carbonyl (C=O) groups is 1. The highest BCUT2D eigenvalue weighted by molar-refractivity contribution is 7.20. The Labute approximate surface area is 141 Å². The number of thiophene rings is 1.